The first-order valence-corrected chi connectivity index (χ1v) is 9.48. The summed E-state index contributed by atoms with van der Waals surface area (Å²) in [5.74, 6) is 0.121. The molecule has 1 atom stereocenters. The Balaban J connectivity index is 2.07. The summed E-state index contributed by atoms with van der Waals surface area (Å²) in [6.07, 6.45) is 0.876. The molecule has 0 aliphatic heterocycles. The van der Waals surface area contributed by atoms with Crippen LogP contribution in [-0.2, 0) is 23.3 Å². The van der Waals surface area contributed by atoms with Crippen molar-refractivity contribution in [1.29, 1.82) is 0 Å². The maximum Gasteiger partial charge on any atom is 0.178 e. The van der Waals surface area contributed by atoms with Crippen molar-refractivity contribution >= 4 is 15.5 Å². The number of aryl methyl sites for hydroxylation is 2. The van der Waals surface area contributed by atoms with Crippen LogP contribution in [0.4, 0.5) is 5.69 Å². The van der Waals surface area contributed by atoms with Gasteiger partial charge in [0.1, 0.15) is 0 Å². The Morgan fingerprint density at radius 2 is 1.83 bits per heavy atom. The highest BCUT2D eigenvalue weighted by Gasteiger charge is 2.14. The topological polar surface area (TPSA) is 64.0 Å². The molecule has 0 aliphatic carbocycles. The van der Waals surface area contributed by atoms with Crippen LogP contribution in [0.25, 0.3) is 0 Å². The molecule has 0 radical (unpaired) electrons. The number of nitrogens with zero attached hydrogens (tertiary/aromatic N) is 2. The zero-order valence-electron chi connectivity index (χ0n) is 14.4. The molecule has 0 saturated carbocycles. The Labute approximate surface area is 138 Å². The van der Waals surface area contributed by atoms with Gasteiger partial charge in [0.15, 0.2) is 9.84 Å². The number of anilines is 1. The first-order chi connectivity index (χ1) is 10.7. The molecule has 1 aromatic heterocycles. The molecular weight excluding hydrogens is 310 g/mol. The number of sulfone groups is 1. The molecular formula is C17H25N3O2S. The molecule has 0 amide bonds. The number of nitrogens with one attached hydrogen (secondary N) is 1. The van der Waals surface area contributed by atoms with Crippen LogP contribution in [0.5, 0.6) is 0 Å². The van der Waals surface area contributed by atoms with E-state index in [9.17, 15) is 8.42 Å². The normalized spacial score (nSPS) is 13.1. The highest BCUT2D eigenvalue weighted by Crippen LogP contribution is 2.19. The summed E-state index contributed by atoms with van der Waals surface area (Å²) in [4.78, 5) is 0.372. The van der Waals surface area contributed by atoms with Crippen LogP contribution in [0.3, 0.4) is 0 Å². The zero-order chi connectivity index (χ0) is 17.2. The van der Waals surface area contributed by atoms with Gasteiger partial charge in [0.2, 0.25) is 0 Å². The molecule has 0 bridgehead atoms. The van der Waals surface area contributed by atoms with Crippen LogP contribution in [0, 0.1) is 13.8 Å². The van der Waals surface area contributed by atoms with Gasteiger partial charge < -0.3 is 5.32 Å². The summed E-state index contributed by atoms with van der Waals surface area (Å²) in [5.41, 5.74) is 4.42. The van der Waals surface area contributed by atoms with E-state index in [0.717, 1.165) is 17.8 Å². The van der Waals surface area contributed by atoms with Gasteiger partial charge in [0.05, 0.1) is 16.3 Å². The minimum Gasteiger partial charge on any atom is -0.382 e. The average Bonchev–Trinajstić information content (AvgIpc) is 2.74. The van der Waals surface area contributed by atoms with E-state index in [1.54, 1.807) is 19.1 Å². The third-order valence-corrected chi connectivity index (χ3v) is 5.93. The second-order valence-electron chi connectivity index (χ2n) is 5.95. The van der Waals surface area contributed by atoms with E-state index in [1.165, 1.54) is 11.3 Å². The van der Waals surface area contributed by atoms with E-state index >= 15 is 0 Å². The Morgan fingerprint density at radius 3 is 2.30 bits per heavy atom. The van der Waals surface area contributed by atoms with Gasteiger partial charge in [-0.1, -0.05) is 6.92 Å². The number of hydrogen-bond acceptors (Lipinski definition) is 4. The fourth-order valence-electron chi connectivity index (χ4n) is 2.68. The van der Waals surface area contributed by atoms with Crippen molar-refractivity contribution in [3.63, 3.8) is 0 Å². The number of aromatic nitrogens is 2. The monoisotopic (exact) mass is 335 g/mol. The third-order valence-electron chi connectivity index (χ3n) is 4.18. The van der Waals surface area contributed by atoms with Crippen molar-refractivity contribution < 1.29 is 8.42 Å². The third kappa shape index (κ3) is 3.93. The Hall–Kier alpha value is -1.82. The molecule has 0 spiro atoms. The molecule has 1 unspecified atom stereocenters. The lowest BCUT2D eigenvalue weighted by molar-refractivity contribution is 0.597. The SMILES string of the molecule is CCS(=O)(=O)c1ccc(NC(C)Cc2c(C)nn(C)c2C)cc1. The smallest absolute Gasteiger partial charge is 0.178 e. The molecule has 2 aromatic rings. The maximum atomic E-state index is 11.8. The summed E-state index contributed by atoms with van der Waals surface area (Å²) >= 11 is 0. The highest BCUT2D eigenvalue weighted by molar-refractivity contribution is 7.91. The van der Waals surface area contributed by atoms with Crippen LogP contribution < -0.4 is 5.32 Å². The molecule has 2 rings (SSSR count). The second kappa shape index (κ2) is 6.74. The van der Waals surface area contributed by atoms with E-state index in [2.05, 4.69) is 24.3 Å². The van der Waals surface area contributed by atoms with Crippen LogP contribution in [-0.4, -0.2) is 30.0 Å². The zero-order valence-corrected chi connectivity index (χ0v) is 15.2. The summed E-state index contributed by atoms with van der Waals surface area (Å²) < 4.78 is 25.6. The number of hydrogen-bond donors (Lipinski definition) is 1. The van der Waals surface area contributed by atoms with Gasteiger partial charge in [0, 0.05) is 24.5 Å². The highest BCUT2D eigenvalue weighted by atomic mass is 32.2. The minimum atomic E-state index is -3.14. The van der Waals surface area contributed by atoms with Gasteiger partial charge in [-0.25, -0.2) is 8.42 Å². The predicted molar refractivity (Wildman–Crippen MR) is 93.6 cm³/mol. The molecule has 1 N–H and O–H groups in total. The molecule has 23 heavy (non-hydrogen) atoms. The van der Waals surface area contributed by atoms with Crippen LogP contribution >= 0.6 is 0 Å². The van der Waals surface area contributed by atoms with E-state index in [0.29, 0.717) is 4.90 Å². The summed E-state index contributed by atoms with van der Waals surface area (Å²) in [7, 11) is -1.18. The average molecular weight is 335 g/mol. The van der Waals surface area contributed by atoms with Gasteiger partial charge in [0.25, 0.3) is 0 Å². The first kappa shape index (κ1) is 17.5. The first-order valence-electron chi connectivity index (χ1n) is 7.83. The van der Waals surface area contributed by atoms with Crippen LogP contribution in [0.15, 0.2) is 29.2 Å². The predicted octanol–water partition coefficient (Wildman–Crippen LogP) is 2.87. The molecule has 0 saturated heterocycles. The maximum absolute atomic E-state index is 11.8. The van der Waals surface area contributed by atoms with E-state index in [-0.39, 0.29) is 11.8 Å². The lowest BCUT2D eigenvalue weighted by Crippen LogP contribution is -2.19. The Kier molecular flexibility index (Phi) is 5.14. The van der Waals surface area contributed by atoms with Gasteiger partial charge in [-0.05, 0) is 57.0 Å². The molecule has 1 aromatic carbocycles. The van der Waals surface area contributed by atoms with Crippen molar-refractivity contribution in [2.45, 2.75) is 45.1 Å². The van der Waals surface area contributed by atoms with Gasteiger partial charge in [-0.3, -0.25) is 4.68 Å². The fraction of sp³-hybridized carbons (Fsp3) is 0.471. The van der Waals surface area contributed by atoms with E-state index in [4.69, 9.17) is 0 Å². The van der Waals surface area contributed by atoms with Crippen molar-refractivity contribution in [2.75, 3.05) is 11.1 Å². The van der Waals surface area contributed by atoms with Gasteiger partial charge in [-0.15, -0.1) is 0 Å². The van der Waals surface area contributed by atoms with E-state index in [1.807, 2.05) is 30.8 Å². The number of rotatable bonds is 6. The quantitative estimate of drug-likeness (QED) is 0.881. The van der Waals surface area contributed by atoms with Crippen molar-refractivity contribution in [2.24, 2.45) is 7.05 Å². The minimum absolute atomic E-state index is 0.121. The van der Waals surface area contributed by atoms with Crippen LogP contribution in [0.2, 0.25) is 0 Å². The molecule has 6 heteroatoms. The van der Waals surface area contributed by atoms with Crippen molar-refractivity contribution in [3.8, 4) is 0 Å². The lowest BCUT2D eigenvalue weighted by Gasteiger charge is -2.16. The Bertz CT molecular complexity index is 777. The molecule has 5 nitrogen and oxygen atoms in total. The van der Waals surface area contributed by atoms with Crippen molar-refractivity contribution in [3.05, 3.63) is 41.2 Å². The Morgan fingerprint density at radius 1 is 1.22 bits per heavy atom. The largest absolute Gasteiger partial charge is 0.382 e. The van der Waals surface area contributed by atoms with Crippen molar-refractivity contribution in [1.82, 2.24) is 9.78 Å². The fourth-order valence-corrected chi connectivity index (χ4v) is 3.56. The molecule has 1 heterocycles. The number of benzene rings is 1. The standard InChI is InChI=1S/C17H25N3O2S/c1-6-23(21,22)16-9-7-15(8-10-16)18-12(2)11-17-13(3)19-20(5)14(17)4/h7-10,12,18H,6,11H2,1-5H3. The summed E-state index contributed by atoms with van der Waals surface area (Å²) in [6.45, 7) is 7.87. The lowest BCUT2D eigenvalue weighted by atomic mass is 10.1. The summed E-state index contributed by atoms with van der Waals surface area (Å²) in [5, 5.41) is 7.86. The molecule has 0 aliphatic rings. The summed E-state index contributed by atoms with van der Waals surface area (Å²) in [6, 6.07) is 7.19. The van der Waals surface area contributed by atoms with Gasteiger partial charge >= 0.3 is 0 Å². The van der Waals surface area contributed by atoms with E-state index < -0.39 is 9.84 Å². The molecule has 126 valence electrons. The molecule has 0 fully saturated rings. The van der Waals surface area contributed by atoms with Gasteiger partial charge in [-0.2, -0.15) is 5.10 Å². The van der Waals surface area contributed by atoms with Crippen LogP contribution in [0.1, 0.15) is 30.8 Å². The second-order valence-corrected chi connectivity index (χ2v) is 8.23.